The van der Waals surface area contributed by atoms with Crippen molar-refractivity contribution >= 4 is 5.69 Å². The molecule has 16 heavy (non-hydrogen) atoms. The van der Waals surface area contributed by atoms with Crippen molar-refractivity contribution < 1.29 is 0 Å². The number of pyridine rings is 1. The van der Waals surface area contributed by atoms with Crippen LogP contribution in [0.25, 0.3) is 0 Å². The first-order chi connectivity index (χ1) is 7.59. The summed E-state index contributed by atoms with van der Waals surface area (Å²) in [5, 5.41) is 12.1. The van der Waals surface area contributed by atoms with Crippen molar-refractivity contribution in [3.8, 4) is 6.07 Å². The lowest BCUT2D eigenvalue weighted by molar-refractivity contribution is 0.378. The number of nitrogens with zero attached hydrogens (tertiary/aromatic N) is 2. The van der Waals surface area contributed by atoms with E-state index in [1.54, 1.807) is 12.3 Å². The van der Waals surface area contributed by atoms with Gasteiger partial charge in [0.05, 0.1) is 11.9 Å². The summed E-state index contributed by atoms with van der Waals surface area (Å²) in [5.74, 6) is 0. The van der Waals surface area contributed by atoms with Crippen LogP contribution >= 0.6 is 0 Å². The lowest BCUT2D eigenvalue weighted by Gasteiger charge is -2.18. The van der Waals surface area contributed by atoms with Crippen LogP contribution < -0.4 is 5.32 Å². The molecule has 0 saturated heterocycles. The number of anilines is 1. The summed E-state index contributed by atoms with van der Waals surface area (Å²) in [4.78, 5) is 4.05. The molecular weight excluding hydrogens is 198 g/mol. The van der Waals surface area contributed by atoms with Gasteiger partial charge in [-0.25, -0.2) is 4.98 Å². The molecule has 0 bridgehead atoms. The zero-order chi connectivity index (χ0) is 11.6. The smallest absolute Gasteiger partial charge is 0.140 e. The molecule has 0 amide bonds. The molecule has 1 unspecified atom stereocenters. The molecule has 1 fully saturated rings. The van der Waals surface area contributed by atoms with Gasteiger partial charge in [-0.3, -0.25) is 0 Å². The van der Waals surface area contributed by atoms with Crippen LogP contribution in [0.5, 0.6) is 0 Å². The van der Waals surface area contributed by atoms with Gasteiger partial charge in [0.15, 0.2) is 0 Å². The molecule has 1 atom stereocenters. The fraction of sp³-hybridized carbons (Fsp3) is 0.538. The van der Waals surface area contributed by atoms with E-state index in [1.807, 2.05) is 12.1 Å². The van der Waals surface area contributed by atoms with E-state index in [1.165, 1.54) is 19.3 Å². The number of hydrogen-bond acceptors (Lipinski definition) is 3. The molecule has 2 rings (SSSR count). The van der Waals surface area contributed by atoms with Gasteiger partial charge in [-0.05, 0) is 36.8 Å². The van der Waals surface area contributed by atoms with Crippen molar-refractivity contribution in [2.75, 3.05) is 5.32 Å². The van der Waals surface area contributed by atoms with Crippen LogP contribution in [0.2, 0.25) is 0 Å². The summed E-state index contributed by atoms with van der Waals surface area (Å²) >= 11 is 0. The van der Waals surface area contributed by atoms with Crippen molar-refractivity contribution in [1.82, 2.24) is 4.98 Å². The van der Waals surface area contributed by atoms with Crippen LogP contribution in [0.15, 0.2) is 18.3 Å². The Kier molecular flexibility index (Phi) is 2.82. The van der Waals surface area contributed by atoms with Crippen molar-refractivity contribution in [3.05, 3.63) is 24.0 Å². The van der Waals surface area contributed by atoms with Crippen molar-refractivity contribution in [2.45, 2.75) is 39.2 Å². The highest BCUT2D eigenvalue weighted by molar-refractivity contribution is 5.43. The molecule has 1 heterocycles. The summed E-state index contributed by atoms with van der Waals surface area (Å²) in [6, 6.07) is 6.25. The van der Waals surface area contributed by atoms with E-state index in [2.05, 4.69) is 24.1 Å². The van der Waals surface area contributed by atoms with Crippen LogP contribution in [-0.2, 0) is 0 Å². The third kappa shape index (κ3) is 2.52. The minimum absolute atomic E-state index is 0.456. The van der Waals surface area contributed by atoms with Crippen LogP contribution in [0, 0.1) is 16.7 Å². The molecule has 0 spiro atoms. The summed E-state index contributed by atoms with van der Waals surface area (Å²) in [5.41, 5.74) is 1.94. The predicted molar refractivity (Wildman–Crippen MR) is 64.0 cm³/mol. The Morgan fingerprint density at radius 1 is 1.50 bits per heavy atom. The summed E-state index contributed by atoms with van der Waals surface area (Å²) in [7, 11) is 0. The topological polar surface area (TPSA) is 48.7 Å². The maximum absolute atomic E-state index is 8.65. The van der Waals surface area contributed by atoms with Gasteiger partial charge in [-0.2, -0.15) is 5.26 Å². The van der Waals surface area contributed by atoms with E-state index in [-0.39, 0.29) is 0 Å². The molecule has 0 aromatic carbocycles. The minimum atomic E-state index is 0.456. The van der Waals surface area contributed by atoms with Gasteiger partial charge in [0.2, 0.25) is 0 Å². The van der Waals surface area contributed by atoms with Crippen molar-refractivity contribution in [1.29, 1.82) is 5.26 Å². The van der Waals surface area contributed by atoms with Crippen molar-refractivity contribution in [3.63, 3.8) is 0 Å². The molecule has 0 aliphatic heterocycles. The maximum Gasteiger partial charge on any atom is 0.140 e. The van der Waals surface area contributed by atoms with Gasteiger partial charge in [0.25, 0.3) is 0 Å². The van der Waals surface area contributed by atoms with Gasteiger partial charge in [0.1, 0.15) is 11.8 Å². The Balaban J connectivity index is 1.97. The Labute approximate surface area is 96.5 Å². The first-order valence-corrected chi connectivity index (χ1v) is 5.72. The average Bonchev–Trinajstić information content (AvgIpc) is 2.59. The Hall–Kier alpha value is -1.56. The second kappa shape index (κ2) is 4.13. The molecule has 1 saturated carbocycles. The largest absolute Gasteiger partial charge is 0.381 e. The fourth-order valence-corrected chi connectivity index (χ4v) is 2.34. The summed E-state index contributed by atoms with van der Waals surface area (Å²) < 4.78 is 0. The summed E-state index contributed by atoms with van der Waals surface area (Å²) in [6.07, 6.45) is 5.43. The molecule has 1 aromatic rings. The van der Waals surface area contributed by atoms with Gasteiger partial charge >= 0.3 is 0 Å². The van der Waals surface area contributed by atoms with E-state index >= 15 is 0 Å². The highest BCUT2D eigenvalue weighted by Gasteiger charge is 2.30. The normalized spacial score (nSPS) is 22.7. The molecular formula is C13H17N3. The Morgan fingerprint density at radius 3 is 2.81 bits per heavy atom. The van der Waals surface area contributed by atoms with Crippen LogP contribution in [0.3, 0.4) is 0 Å². The zero-order valence-electron chi connectivity index (χ0n) is 9.83. The molecule has 0 radical (unpaired) electrons. The second-order valence-corrected chi connectivity index (χ2v) is 5.29. The lowest BCUT2D eigenvalue weighted by Crippen LogP contribution is -2.17. The molecule has 1 aliphatic rings. The third-order valence-corrected chi connectivity index (χ3v) is 3.22. The lowest BCUT2D eigenvalue weighted by atomic mass is 9.92. The molecule has 1 aliphatic carbocycles. The Bertz CT molecular complexity index is 400. The molecule has 3 heteroatoms. The monoisotopic (exact) mass is 215 g/mol. The van der Waals surface area contributed by atoms with Crippen LogP contribution in [0.4, 0.5) is 5.69 Å². The van der Waals surface area contributed by atoms with Gasteiger partial charge in [-0.1, -0.05) is 13.8 Å². The van der Waals surface area contributed by atoms with Gasteiger partial charge in [-0.15, -0.1) is 0 Å². The van der Waals surface area contributed by atoms with E-state index in [4.69, 9.17) is 5.26 Å². The van der Waals surface area contributed by atoms with Crippen LogP contribution in [-0.4, -0.2) is 11.0 Å². The second-order valence-electron chi connectivity index (χ2n) is 5.29. The molecule has 84 valence electrons. The van der Waals surface area contributed by atoms with E-state index in [0.717, 1.165) is 5.69 Å². The SMILES string of the molecule is CC1(C)CCC(Nc2ccc(C#N)nc2)C1. The highest BCUT2D eigenvalue weighted by Crippen LogP contribution is 2.38. The summed E-state index contributed by atoms with van der Waals surface area (Å²) in [6.45, 7) is 4.62. The number of rotatable bonds is 2. The fourth-order valence-electron chi connectivity index (χ4n) is 2.34. The van der Waals surface area contributed by atoms with Crippen LogP contribution in [0.1, 0.15) is 38.8 Å². The number of nitriles is 1. The molecule has 1 N–H and O–H groups in total. The quantitative estimate of drug-likeness (QED) is 0.825. The van der Waals surface area contributed by atoms with Crippen molar-refractivity contribution in [2.24, 2.45) is 5.41 Å². The third-order valence-electron chi connectivity index (χ3n) is 3.22. The predicted octanol–water partition coefficient (Wildman–Crippen LogP) is 2.94. The highest BCUT2D eigenvalue weighted by atomic mass is 14.9. The number of hydrogen-bond donors (Lipinski definition) is 1. The van der Waals surface area contributed by atoms with E-state index in [0.29, 0.717) is 17.2 Å². The molecule has 1 aromatic heterocycles. The molecule has 3 nitrogen and oxygen atoms in total. The number of nitrogens with one attached hydrogen (secondary N) is 1. The standard InChI is InChI=1S/C13H17N3/c1-13(2)6-5-10(7-13)16-12-4-3-11(8-14)15-9-12/h3-4,9-10,16H,5-7H2,1-2H3. The minimum Gasteiger partial charge on any atom is -0.381 e. The van der Waals surface area contributed by atoms with E-state index < -0.39 is 0 Å². The number of aromatic nitrogens is 1. The first kappa shape index (κ1) is 10.9. The zero-order valence-corrected chi connectivity index (χ0v) is 9.83. The average molecular weight is 215 g/mol. The maximum atomic E-state index is 8.65. The Morgan fingerprint density at radius 2 is 2.31 bits per heavy atom. The van der Waals surface area contributed by atoms with E-state index in [9.17, 15) is 0 Å². The first-order valence-electron chi connectivity index (χ1n) is 5.72. The van der Waals surface area contributed by atoms with Gasteiger partial charge < -0.3 is 5.32 Å². The van der Waals surface area contributed by atoms with Gasteiger partial charge in [0, 0.05) is 6.04 Å².